The summed E-state index contributed by atoms with van der Waals surface area (Å²) in [7, 11) is -20.9. The van der Waals surface area contributed by atoms with E-state index in [1.54, 1.807) is 13.1 Å². The monoisotopic (exact) mass is 9300 g/mol. The van der Waals surface area contributed by atoms with E-state index in [1.807, 2.05) is 0 Å². The molecule has 38 nitrogen and oxygen atoms in total. The number of rotatable bonds is 32. The molecule has 147 heavy (non-hydrogen) atoms. The molecule has 0 fully saturated rings. The number of nitro groups is 5. The van der Waals surface area contributed by atoms with E-state index in [4.69, 9.17) is 37.9 Å². The number of carbonyl (C=O) groups is 1. The number of esters is 1. The third-order valence-electron chi connectivity index (χ3n) is 10.2. The Balaban J connectivity index is -0.000000497. The molecule has 0 saturated carbocycles. The van der Waals surface area contributed by atoms with E-state index in [-0.39, 0.29) is 260 Å². The first-order valence-corrected chi connectivity index (χ1v) is 395. The summed E-state index contributed by atoms with van der Waals surface area (Å²) in [5.74, 6) is -1.17. The van der Waals surface area contributed by atoms with Crippen LogP contribution in [0.2, 0.25) is 5.02 Å². The Morgan fingerprint density at radius 2 is 0.776 bits per heavy atom. The van der Waals surface area contributed by atoms with Crippen LogP contribution in [0.3, 0.4) is 0 Å². The van der Waals surface area contributed by atoms with Crippen LogP contribution in [0.15, 0.2) is 158 Å². The second-order valence-electron chi connectivity index (χ2n) is 18.1. The topological polar surface area (TPSA) is 609 Å². The fourth-order valence-electron chi connectivity index (χ4n) is 5.47. The molecule has 8 heterocycles. The van der Waals surface area contributed by atoms with Crippen LogP contribution < -0.4 is 71.4 Å². The van der Waals surface area contributed by atoms with E-state index in [1.165, 1.54) is 92.2 Å². The van der Waals surface area contributed by atoms with Crippen LogP contribution in [-0.4, -0.2) is 107 Å². The van der Waals surface area contributed by atoms with Gasteiger partial charge in [-0.25, -0.2) is 41.3 Å². The molecule has 1 atom stereocenters. The maximum Gasteiger partial charge on any atom is 0.307 e. The molecule has 0 radical (unpaired) electrons. The minimum absolute atomic E-state index is 0.0134. The Kier molecular flexibility index (Phi) is 150. The molecule has 8 rings (SSSR count). The van der Waals surface area contributed by atoms with Crippen LogP contribution in [0.1, 0.15) is 6.92 Å². The van der Waals surface area contributed by atoms with Crippen LogP contribution in [0.4, 0.5) is 39.8 Å². The second kappa shape index (κ2) is 115. The van der Waals surface area contributed by atoms with E-state index >= 15 is 0 Å². The van der Waals surface area contributed by atoms with Crippen LogP contribution in [0.25, 0.3) is 0 Å². The van der Waals surface area contributed by atoms with E-state index in [9.17, 15) is 84.8 Å². The normalized spacial score (nSPS) is 13.7. The number of nitrogen functional groups attached to an aromatic ring is 1. The molecule has 7 aromatic rings. The van der Waals surface area contributed by atoms with Crippen molar-refractivity contribution < 1.29 is 103 Å². The molecule has 0 spiro atoms. The van der Waals surface area contributed by atoms with Crippen molar-refractivity contribution >= 4 is 988 Å². The number of sulfonamides is 3. The Morgan fingerprint density at radius 3 is 1.07 bits per heavy atom. The van der Waals surface area contributed by atoms with Gasteiger partial charge in [-0.05, 0) is 61.3 Å². The Morgan fingerprint density at radius 1 is 0.456 bits per heavy atom. The van der Waals surface area contributed by atoms with Crippen molar-refractivity contribution in [2.24, 2.45) is 25.0 Å². The molecule has 12 N–H and O–H groups in total. The second-order valence-corrected chi connectivity index (χ2v) is 1240. The summed E-state index contributed by atoms with van der Waals surface area (Å²) in [5, 5.41) is 73.5. The van der Waals surface area contributed by atoms with Gasteiger partial charge < -0.3 is 20.8 Å². The predicted molar refractivity (Wildman–Crippen MR) is 1140 cm³/mol. The van der Waals surface area contributed by atoms with Crippen molar-refractivity contribution in [1.29, 1.82) is 0 Å². The van der Waals surface area contributed by atoms with E-state index in [0.717, 1.165) is 42.8 Å². The largest absolute Gasteiger partial charge is 0.396 e. The quantitative estimate of drug-likeness (QED) is 0.00514. The molecular formula is C39H38ClI63N19O19S6-3. The zero-order valence-corrected chi connectivity index (χ0v) is 207. The summed E-state index contributed by atoms with van der Waals surface area (Å²) in [6.45, 7) is 1.75. The minimum Gasteiger partial charge on any atom is -0.396 e. The van der Waals surface area contributed by atoms with Crippen LogP contribution in [0, 0.1) is 55.1 Å². The number of aromatic amines is 1. The first-order valence-electron chi connectivity index (χ1n) is 29.3. The van der Waals surface area contributed by atoms with Crippen molar-refractivity contribution in [2.75, 3.05) is 17.7 Å². The van der Waals surface area contributed by atoms with Gasteiger partial charge in [-0.1, -0.05) is 23.8 Å². The van der Waals surface area contributed by atoms with Gasteiger partial charge in [-0.3, -0.25) is 85.6 Å². The summed E-state index contributed by atoms with van der Waals surface area (Å²) in [6, 6.07) is 9.16. The molecule has 7 aromatic heterocycles. The standard InChI is InChI=1S/C9H9N3O4S.C5H3ClN2O2.C5H5N3O4S.C5H5N3O3S.C5H5N3O2S.C5H7N3O2S.C5H4N2O2S.I13.I12.I11.I10.I9.I8/c1-2-16-9(13)8-11-6-5-10-4-3-7(6)17(14,15)12-8;6-4-1-2-7-3-5(4)8(9)10;6-13(11,12)5-1-2-7-3-4(5)8(9)10;6-12(11)5-1-2-7-3-4(5)8(9)10;6-11-5-1-2-7-3-4(5)8(9)10;6-4-3-8-2-1-5(4)11(7,9)10;8-7(9)4-3-6-2-1-5(4)10;1-8-10(4)12(6)13(7)11(5)9(2)3;1-8(2)10(5)12(7)11(6)9(3)4;1-7-9(4)11(6)10(5)8(2)3;1-7(2)9(5)10(6)8(3)4;1-6-8(4)9(5)7(2)3;1-6(2)8(5)7(3)4/h3-5H,2H2,1H3,(H,11,12);1-3H;1-3H,(H2,6,11,12);1-3H,6H2;1-3H,6H2;1-3H,6H2,(H2,7,9,10);1-3H,(H,6,10);;;;;;/q;;;;;;;-1;;-1;;-1;. The first-order chi connectivity index (χ1) is 67.7. The number of carbonyl (C=O) groups excluding carboxylic acids is 1. The Bertz CT molecular complexity index is 5510. The van der Waals surface area contributed by atoms with Gasteiger partial charge in [-0.15, -0.1) is 4.40 Å². The van der Waals surface area contributed by atoms with Crippen LogP contribution in [0.5, 0.6) is 0 Å². The molecule has 0 aliphatic carbocycles. The molecule has 0 amide bonds. The SMILES string of the molecule is CCOC(=O)C1=NS(=O)(=O)c2ccncc2N1.II(I)I(I)I(I)I.II(I)I(I)I(I)I(I)I.II(I)I(I)I(I)I(I)I(I)I.I[I-]I(I)I(I)I(I)I.I[I-]I(I)I(I)I(I)I(I)I.I[I-]I(I)I(I)I(I)I(I)I(I)I.NS(=O)(=O)c1ccncc1[N+](=O)[O-].NS(=O)c1ccncc1[N+](=O)[O-].NSc1ccncc1[N+](=O)[O-].Nc1cnccc1S(N)(=O)=O.O=[N+]([O-])c1c[nH]ccc1=S.O=[N+]([O-])c1cnccc1Cl. The van der Waals surface area contributed by atoms with Crippen molar-refractivity contribution in [1.82, 2.24) is 34.9 Å². The smallest absolute Gasteiger partial charge is 0.307 e. The first kappa shape index (κ1) is 192. The molecule has 0 aromatic carbocycles. The summed E-state index contributed by atoms with van der Waals surface area (Å²) in [5.41, 5.74) is 4.35. The van der Waals surface area contributed by atoms with Gasteiger partial charge in [0.2, 0.25) is 25.9 Å². The van der Waals surface area contributed by atoms with Crippen LogP contribution in [-0.2, 0) is 50.6 Å². The zero-order valence-electron chi connectivity index (χ0n) is 65.5. The molecule has 1 unspecified atom stereocenters. The van der Waals surface area contributed by atoms with E-state index in [0.29, 0.717) is 44.7 Å². The fourth-order valence-corrected chi connectivity index (χ4v) is 5670. The number of H-pyrrole nitrogens is 1. The van der Waals surface area contributed by atoms with Crippen molar-refractivity contribution in [3.63, 3.8) is 0 Å². The number of aromatic nitrogens is 7. The van der Waals surface area contributed by atoms with Gasteiger partial charge in [0.25, 0.3) is 10.0 Å². The Hall–Kier alpha value is 36.5. The van der Waals surface area contributed by atoms with Gasteiger partial charge in [0.15, 0.2) is 4.90 Å². The van der Waals surface area contributed by atoms with Crippen molar-refractivity contribution in [3.8, 4) is 0 Å². The van der Waals surface area contributed by atoms with Crippen molar-refractivity contribution in [3.05, 3.63) is 189 Å². The molecule has 1 aliphatic rings. The van der Waals surface area contributed by atoms with E-state index in [2.05, 4.69) is 732 Å². The number of hydrogen-bond donors (Lipinski definition) is 7. The van der Waals surface area contributed by atoms with Gasteiger partial charge in [0.05, 0.1) is 61.2 Å². The van der Waals surface area contributed by atoms with Gasteiger partial charge in [-0.2, -0.15) is 8.42 Å². The van der Waals surface area contributed by atoms with Crippen LogP contribution >= 0.6 is 895 Å². The number of nitrogens with one attached hydrogen (secondary N) is 2. The maximum atomic E-state index is 11.7. The molecule has 890 valence electrons. The minimum atomic E-state index is -4.06. The molecular weight excluding hydrogens is 9260 g/mol. The molecule has 1 aliphatic heterocycles. The van der Waals surface area contributed by atoms with Gasteiger partial charge >= 0.3 is 934 Å². The maximum absolute atomic E-state index is 11.7. The summed E-state index contributed by atoms with van der Waals surface area (Å²) in [6.07, 6.45) is 17.4. The number of fused-ring (bicyclic) bond motifs is 1. The zero-order chi connectivity index (χ0) is 116. The number of halogens is 64. The summed E-state index contributed by atoms with van der Waals surface area (Å²) < 4.78 is 85.5. The van der Waals surface area contributed by atoms with Crippen molar-refractivity contribution in [2.45, 2.75) is 31.4 Å². The molecule has 108 heteroatoms. The third-order valence-corrected chi connectivity index (χ3v) is 3240. The number of amidine groups is 1. The predicted octanol–water partition coefficient (Wildman–Crippen LogP) is 47.5. The number of hydrogen-bond acceptors (Lipinski definition) is 30. The number of nitrogens with two attached hydrogens (primary N) is 5. The number of nitrogens with zero attached hydrogens (tertiary/aromatic N) is 12. The fraction of sp³-hybridized carbons (Fsp3) is 0.0513. The Labute approximate surface area is 1330 Å². The number of pyridine rings is 7. The average molecular weight is 9300 g/mol. The number of anilines is 2. The molecule has 0 saturated heterocycles. The number of ether oxygens (including phenoxy) is 1. The van der Waals surface area contributed by atoms with Gasteiger partial charge in [0.1, 0.15) is 64.9 Å². The van der Waals surface area contributed by atoms with E-state index < -0.39 is 82.2 Å². The molecule has 0 bridgehead atoms. The number of primary sulfonamides is 2. The van der Waals surface area contributed by atoms with Gasteiger partial charge in [0, 0.05) is 43.4 Å². The third kappa shape index (κ3) is 94.0. The summed E-state index contributed by atoms with van der Waals surface area (Å²) in [4.78, 5) is 83.2. The average Bonchev–Trinajstić information content (AvgIpc) is 0.777. The summed E-state index contributed by atoms with van der Waals surface area (Å²) >= 11 is 115.